The molecule has 0 amide bonds. The van der Waals surface area contributed by atoms with Crippen molar-refractivity contribution in [3.63, 3.8) is 0 Å². The zero-order valence-corrected chi connectivity index (χ0v) is 13.1. The summed E-state index contributed by atoms with van der Waals surface area (Å²) in [6, 6.07) is 0. The summed E-state index contributed by atoms with van der Waals surface area (Å²) in [6.07, 6.45) is 3.53. The third kappa shape index (κ3) is 2.80. The summed E-state index contributed by atoms with van der Waals surface area (Å²) in [7, 11) is -3.66. The van der Waals surface area contributed by atoms with Crippen molar-refractivity contribution < 1.29 is 8.42 Å². The van der Waals surface area contributed by atoms with Crippen LogP contribution in [-0.4, -0.2) is 24.3 Å². The number of hydrazine groups is 1. The Morgan fingerprint density at radius 1 is 1.45 bits per heavy atom. The number of fused-ring (bicyclic) bond motifs is 1. The van der Waals surface area contributed by atoms with Crippen LogP contribution >= 0.6 is 11.3 Å². The molecule has 2 aromatic heterocycles. The van der Waals surface area contributed by atoms with E-state index in [1.165, 1.54) is 15.7 Å². The number of imidazole rings is 1. The monoisotopic (exact) mass is 317 g/mol. The Morgan fingerprint density at radius 3 is 2.75 bits per heavy atom. The number of rotatable bonds is 7. The quantitative estimate of drug-likeness (QED) is 0.529. The summed E-state index contributed by atoms with van der Waals surface area (Å²) in [5, 5.41) is 1.84. The second-order valence-corrected chi connectivity index (χ2v) is 7.06. The number of anilines is 1. The van der Waals surface area contributed by atoms with Crippen LogP contribution in [0.3, 0.4) is 0 Å². The molecule has 0 fully saturated rings. The Balaban J connectivity index is 2.33. The highest BCUT2D eigenvalue weighted by Crippen LogP contribution is 2.25. The smallest absolute Gasteiger partial charge is 0.260 e. The molecule has 0 aliphatic heterocycles. The van der Waals surface area contributed by atoms with E-state index in [-0.39, 0.29) is 10.8 Å². The molecular formula is C11H19N5O2S2. The van der Waals surface area contributed by atoms with Gasteiger partial charge in [0.2, 0.25) is 5.03 Å². The van der Waals surface area contributed by atoms with Crippen LogP contribution in [0.2, 0.25) is 0 Å². The molecule has 7 nitrogen and oxygen atoms in total. The third-order valence-corrected chi connectivity index (χ3v) is 5.53. The van der Waals surface area contributed by atoms with Gasteiger partial charge in [-0.25, -0.2) is 19.0 Å². The van der Waals surface area contributed by atoms with E-state index in [0.717, 1.165) is 12.8 Å². The van der Waals surface area contributed by atoms with E-state index in [1.54, 1.807) is 11.6 Å². The zero-order valence-electron chi connectivity index (χ0n) is 11.5. The maximum Gasteiger partial charge on any atom is 0.260 e. The molecule has 0 spiro atoms. The van der Waals surface area contributed by atoms with Crippen LogP contribution in [-0.2, 0) is 10.0 Å². The molecule has 2 heterocycles. The van der Waals surface area contributed by atoms with Gasteiger partial charge in [0, 0.05) is 18.1 Å². The lowest BCUT2D eigenvalue weighted by Gasteiger charge is -2.13. The largest absolute Gasteiger partial charge is 0.306 e. The first-order valence-electron chi connectivity index (χ1n) is 6.45. The highest BCUT2D eigenvalue weighted by atomic mass is 32.2. The molecule has 9 heteroatoms. The van der Waals surface area contributed by atoms with E-state index < -0.39 is 10.0 Å². The first-order chi connectivity index (χ1) is 9.53. The van der Waals surface area contributed by atoms with Gasteiger partial charge in [-0.05, 0) is 5.92 Å². The second-order valence-electron chi connectivity index (χ2n) is 4.50. The number of hydrogen-bond acceptors (Lipinski definition) is 6. The van der Waals surface area contributed by atoms with Crippen LogP contribution in [0.15, 0.2) is 16.6 Å². The van der Waals surface area contributed by atoms with E-state index in [9.17, 15) is 8.42 Å². The van der Waals surface area contributed by atoms with Crippen LogP contribution in [0.25, 0.3) is 4.96 Å². The topological polar surface area (TPSA) is 102 Å². The maximum atomic E-state index is 12.5. The van der Waals surface area contributed by atoms with Crippen molar-refractivity contribution in [1.82, 2.24) is 14.1 Å². The van der Waals surface area contributed by atoms with Gasteiger partial charge in [0.05, 0.1) is 0 Å². The predicted octanol–water partition coefficient (Wildman–Crippen LogP) is 1.40. The number of aromatic nitrogens is 2. The molecule has 0 atom stereocenters. The Kier molecular flexibility index (Phi) is 4.63. The van der Waals surface area contributed by atoms with Gasteiger partial charge in [-0.2, -0.15) is 4.98 Å². The van der Waals surface area contributed by atoms with Crippen molar-refractivity contribution in [2.45, 2.75) is 31.7 Å². The first kappa shape index (κ1) is 15.2. The normalized spacial score (nSPS) is 12.4. The van der Waals surface area contributed by atoms with Crippen LogP contribution in [0.4, 0.5) is 5.82 Å². The summed E-state index contributed by atoms with van der Waals surface area (Å²) in [6.45, 7) is 4.51. The van der Waals surface area contributed by atoms with Gasteiger partial charge in [-0.15, -0.1) is 11.3 Å². The fraction of sp³-hybridized carbons (Fsp3) is 0.545. The van der Waals surface area contributed by atoms with Crippen LogP contribution in [0.1, 0.15) is 26.7 Å². The van der Waals surface area contributed by atoms with Gasteiger partial charge in [0.1, 0.15) is 0 Å². The Hall–Kier alpha value is -1.16. The molecule has 2 aromatic rings. The molecule has 0 aliphatic carbocycles. The lowest BCUT2D eigenvalue weighted by molar-refractivity contribution is 0.478. The molecule has 4 N–H and O–H groups in total. The van der Waals surface area contributed by atoms with Crippen molar-refractivity contribution in [1.29, 1.82) is 0 Å². The molecule has 112 valence electrons. The van der Waals surface area contributed by atoms with E-state index in [1.807, 2.05) is 13.8 Å². The third-order valence-electron chi connectivity index (χ3n) is 3.33. The van der Waals surface area contributed by atoms with Gasteiger partial charge in [0.15, 0.2) is 10.8 Å². The molecule has 0 bridgehead atoms. The van der Waals surface area contributed by atoms with Crippen molar-refractivity contribution in [2.24, 2.45) is 11.8 Å². The number of sulfonamides is 1. The Morgan fingerprint density at radius 2 is 2.15 bits per heavy atom. The minimum absolute atomic E-state index is 0.0576. The number of nitrogen functional groups attached to an aromatic ring is 1. The van der Waals surface area contributed by atoms with Crippen molar-refractivity contribution in [2.75, 3.05) is 12.0 Å². The minimum Gasteiger partial charge on any atom is -0.306 e. The Labute approximate surface area is 122 Å². The standard InChI is InChI=1S/C11H19N5O2S2/c1-3-8(4-2)7-13-20(17,18)10-9(15-12)14-11-16(10)5-6-19-11/h5-6,8,13,15H,3-4,7,12H2,1-2H3. The number of nitrogens with zero attached hydrogens (tertiary/aromatic N) is 2. The lowest BCUT2D eigenvalue weighted by Crippen LogP contribution is -2.30. The van der Waals surface area contributed by atoms with E-state index in [0.29, 0.717) is 17.4 Å². The van der Waals surface area contributed by atoms with Crippen molar-refractivity contribution >= 4 is 32.1 Å². The molecule has 0 aromatic carbocycles. The van der Waals surface area contributed by atoms with Crippen LogP contribution in [0, 0.1) is 5.92 Å². The molecular weight excluding hydrogens is 298 g/mol. The van der Waals surface area contributed by atoms with Crippen molar-refractivity contribution in [3.05, 3.63) is 11.6 Å². The highest BCUT2D eigenvalue weighted by Gasteiger charge is 2.26. The number of nitrogens with two attached hydrogens (primary N) is 1. The van der Waals surface area contributed by atoms with E-state index in [2.05, 4.69) is 15.1 Å². The number of nitrogens with one attached hydrogen (secondary N) is 2. The van der Waals surface area contributed by atoms with Gasteiger partial charge >= 0.3 is 0 Å². The van der Waals surface area contributed by atoms with E-state index in [4.69, 9.17) is 5.84 Å². The fourth-order valence-electron chi connectivity index (χ4n) is 1.99. The SMILES string of the molecule is CCC(CC)CNS(=O)(=O)c1c(NN)nc2sccn12. The van der Waals surface area contributed by atoms with Crippen LogP contribution < -0.4 is 16.0 Å². The average Bonchev–Trinajstić information content (AvgIpc) is 2.98. The first-order valence-corrected chi connectivity index (χ1v) is 8.81. The lowest BCUT2D eigenvalue weighted by atomic mass is 10.0. The average molecular weight is 317 g/mol. The minimum atomic E-state index is -3.66. The zero-order chi connectivity index (χ0) is 14.8. The molecule has 2 rings (SSSR count). The van der Waals surface area contributed by atoms with Crippen LogP contribution in [0.5, 0.6) is 0 Å². The summed E-state index contributed by atoms with van der Waals surface area (Å²) in [5.41, 5.74) is 2.35. The van der Waals surface area contributed by atoms with Crippen molar-refractivity contribution in [3.8, 4) is 0 Å². The van der Waals surface area contributed by atoms with E-state index >= 15 is 0 Å². The highest BCUT2D eigenvalue weighted by molar-refractivity contribution is 7.89. The van der Waals surface area contributed by atoms with Gasteiger partial charge < -0.3 is 5.43 Å². The predicted molar refractivity (Wildman–Crippen MR) is 80.1 cm³/mol. The number of thiazole rings is 1. The summed E-state index contributed by atoms with van der Waals surface area (Å²) in [5.74, 6) is 5.85. The summed E-state index contributed by atoms with van der Waals surface area (Å²) >= 11 is 1.35. The van der Waals surface area contributed by atoms with Gasteiger partial charge in [-0.3, -0.25) is 4.40 Å². The summed E-state index contributed by atoms with van der Waals surface area (Å²) in [4.78, 5) is 4.74. The summed E-state index contributed by atoms with van der Waals surface area (Å²) < 4.78 is 29.1. The molecule has 0 aliphatic rings. The Bertz CT molecular complexity index is 672. The van der Waals surface area contributed by atoms with Gasteiger partial charge in [-0.1, -0.05) is 26.7 Å². The number of hydrogen-bond donors (Lipinski definition) is 3. The molecule has 0 saturated heterocycles. The molecule has 0 unspecified atom stereocenters. The molecule has 20 heavy (non-hydrogen) atoms. The molecule has 0 saturated carbocycles. The molecule has 0 radical (unpaired) electrons. The maximum absolute atomic E-state index is 12.5. The fourth-order valence-corrected chi connectivity index (χ4v) is 4.12. The van der Waals surface area contributed by atoms with Gasteiger partial charge in [0.25, 0.3) is 10.0 Å². The second kappa shape index (κ2) is 6.08.